The Balaban J connectivity index is 1.82. The average Bonchev–Trinajstić information content (AvgIpc) is 3.13. The number of anilines is 1. The number of fused-ring (bicyclic) bond motifs is 5. The molecule has 3 aliphatic rings. The third-order valence-corrected chi connectivity index (χ3v) is 5.88. The molecule has 0 spiro atoms. The van der Waals surface area contributed by atoms with Crippen molar-refractivity contribution in [2.45, 2.75) is 51.7 Å². The van der Waals surface area contributed by atoms with E-state index in [0.29, 0.717) is 5.56 Å². The number of rotatable bonds is 1. The van der Waals surface area contributed by atoms with Crippen molar-refractivity contribution in [1.82, 2.24) is 0 Å². The zero-order valence-corrected chi connectivity index (χ0v) is 16.3. The summed E-state index contributed by atoms with van der Waals surface area (Å²) in [6.07, 6.45) is 7.10. The molecule has 4 heteroatoms. The van der Waals surface area contributed by atoms with Crippen LogP contribution in [-0.2, 0) is 0 Å². The van der Waals surface area contributed by atoms with E-state index in [1.54, 1.807) is 0 Å². The van der Waals surface area contributed by atoms with Gasteiger partial charge in [-0.15, -0.1) is 0 Å². The maximum atomic E-state index is 14.6. The zero-order valence-electron chi connectivity index (χ0n) is 16.3. The van der Waals surface area contributed by atoms with Crippen molar-refractivity contribution in [2.75, 3.05) is 5.32 Å². The summed E-state index contributed by atoms with van der Waals surface area (Å²) in [4.78, 5) is 0. The largest absolute Gasteiger partial charge is 0.478 e. The molecule has 2 aliphatic heterocycles. The van der Waals surface area contributed by atoms with Crippen LogP contribution in [0.2, 0.25) is 0 Å². The molecular formula is C24H23F2NO. The van der Waals surface area contributed by atoms with Crippen molar-refractivity contribution in [3.63, 3.8) is 0 Å². The van der Waals surface area contributed by atoms with Gasteiger partial charge in [-0.25, -0.2) is 8.78 Å². The number of halogens is 2. The summed E-state index contributed by atoms with van der Waals surface area (Å²) in [5.41, 5.74) is 6.66. The van der Waals surface area contributed by atoms with Crippen LogP contribution >= 0.6 is 0 Å². The summed E-state index contributed by atoms with van der Waals surface area (Å²) in [6.45, 7) is 6.36. The fraction of sp³-hybridized carbons (Fsp3) is 0.333. The van der Waals surface area contributed by atoms with Crippen molar-refractivity contribution in [2.24, 2.45) is 0 Å². The lowest BCUT2D eigenvalue weighted by Crippen LogP contribution is -2.32. The van der Waals surface area contributed by atoms with E-state index >= 15 is 0 Å². The molecule has 0 bridgehead atoms. The average molecular weight is 379 g/mol. The molecule has 0 saturated carbocycles. The highest BCUT2D eigenvalue weighted by atomic mass is 19.1. The monoisotopic (exact) mass is 379 g/mol. The molecular weight excluding hydrogens is 356 g/mol. The summed E-state index contributed by atoms with van der Waals surface area (Å²) in [7, 11) is 0. The lowest BCUT2D eigenvalue weighted by Gasteiger charge is -2.37. The van der Waals surface area contributed by atoms with Gasteiger partial charge in [0.1, 0.15) is 11.9 Å². The second-order valence-electron chi connectivity index (χ2n) is 8.56. The molecule has 2 nitrogen and oxygen atoms in total. The predicted molar refractivity (Wildman–Crippen MR) is 108 cm³/mol. The van der Waals surface area contributed by atoms with Gasteiger partial charge in [0.2, 0.25) is 0 Å². The molecule has 1 N–H and O–H groups in total. The van der Waals surface area contributed by atoms with Crippen molar-refractivity contribution >= 4 is 11.3 Å². The number of hydrogen-bond acceptors (Lipinski definition) is 2. The van der Waals surface area contributed by atoms with E-state index in [1.807, 2.05) is 12.1 Å². The van der Waals surface area contributed by atoms with Gasteiger partial charge in [-0.2, -0.15) is 0 Å². The van der Waals surface area contributed by atoms with Crippen LogP contribution in [0.25, 0.3) is 16.7 Å². The summed E-state index contributed by atoms with van der Waals surface area (Å²) in [5.74, 6) is -1.08. The summed E-state index contributed by atoms with van der Waals surface area (Å²) < 4.78 is 34.9. The smallest absolute Gasteiger partial charge is 0.168 e. The van der Waals surface area contributed by atoms with Crippen molar-refractivity contribution in [3.05, 3.63) is 64.8 Å². The maximum Gasteiger partial charge on any atom is 0.168 e. The fourth-order valence-corrected chi connectivity index (χ4v) is 4.90. The van der Waals surface area contributed by atoms with Gasteiger partial charge in [0.25, 0.3) is 0 Å². The summed E-state index contributed by atoms with van der Waals surface area (Å²) >= 11 is 0. The Morgan fingerprint density at radius 3 is 2.71 bits per heavy atom. The van der Waals surface area contributed by atoms with E-state index in [0.717, 1.165) is 53.3 Å². The minimum absolute atomic E-state index is 0.150. The highest BCUT2D eigenvalue weighted by Gasteiger charge is 2.37. The molecule has 0 fully saturated rings. The number of allylic oxidation sites excluding steroid dienone is 2. The molecule has 1 atom stereocenters. The van der Waals surface area contributed by atoms with E-state index in [-0.39, 0.29) is 17.4 Å². The fourth-order valence-electron chi connectivity index (χ4n) is 4.90. The van der Waals surface area contributed by atoms with Crippen molar-refractivity contribution in [1.29, 1.82) is 0 Å². The Morgan fingerprint density at radius 1 is 1.14 bits per heavy atom. The number of benzene rings is 2. The molecule has 5 rings (SSSR count). The van der Waals surface area contributed by atoms with Gasteiger partial charge in [0.15, 0.2) is 11.6 Å². The van der Waals surface area contributed by atoms with Gasteiger partial charge in [0.05, 0.1) is 5.54 Å². The standard InChI is InChI=1S/C24H23F2NO/c1-13-12-24(2,3)27-19-9-8-16-17-10-15(25)11-18(26)23(17)28-22(21(16)20(13)19)14-6-4-5-7-14/h6,8-12,22,27H,4-5,7H2,1-3H3. The Hall–Kier alpha value is -2.62. The normalized spacial score (nSPS) is 21.5. The van der Waals surface area contributed by atoms with E-state index < -0.39 is 11.6 Å². The van der Waals surface area contributed by atoms with Gasteiger partial charge >= 0.3 is 0 Å². The lowest BCUT2D eigenvalue weighted by molar-refractivity contribution is 0.224. The summed E-state index contributed by atoms with van der Waals surface area (Å²) in [5, 5.41) is 3.58. The molecule has 1 unspecified atom stereocenters. The van der Waals surface area contributed by atoms with Crippen LogP contribution < -0.4 is 10.1 Å². The topological polar surface area (TPSA) is 21.3 Å². The first-order chi connectivity index (χ1) is 13.3. The highest BCUT2D eigenvalue weighted by molar-refractivity contribution is 5.90. The molecule has 1 aliphatic carbocycles. The van der Waals surface area contributed by atoms with Gasteiger partial charge in [0, 0.05) is 28.4 Å². The van der Waals surface area contributed by atoms with Gasteiger partial charge in [-0.3, -0.25) is 0 Å². The molecule has 2 aromatic rings. The van der Waals surface area contributed by atoms with Crippen molar-refractivity contribution < 1.29 is 13.5 Å². The molecule has 144 valence electrons. The molecule has 0 radical (unpaired) electrons. The van der Waals surface area contributed by atoms with Crippen LogP contribution in [0.3, 0.4) is 0 Å². The van der Waals surface area contributed by atoms with Gasteiger partial charge < -0.3 is 10.1 Å². The number of hydrogen-bond donors (Lipinski definition) is 1. The minimum Gasteiger partial charge on any atom is -0.478 e. The molecule has 28 heavy (non-hydrogen) atoms. The second kappa shape index (κ2) is 5.94. The van der Waals surface area contributed by atoms with Crippen LogP contribution in [-0.4, -0.2) is 5.54 Å². The minimum atomic E-state index is -0.645. The molecule has 2 heterocycles. The second-order valence-corrected chi connectivity index (χ2v) is 8.56. The van der Waals surface area contributed by atoms with Crippen molar-refractivity contribution in [3.8, 4) is 16.9 Å². The Labute approximate surface area is 163 Å². The lowest BCUT2D eigenvalue weighted by atomic mass is 9.80. The Bertz CT molecular complexity index is 1060. The van der Waals surface area contributed by atoms with E-state index in [4.69, 9.17) is 4.74 Å². The van der Waals surface area contributed by atoms with Crippen LogP contribution in [0, 0.1) is 11.6 Å². The molecule has 0 aromatic heterocycles. The number of nitrogens with one attached hydrogen (secondary N) is 1. The highest BCUT2D eigenvalue weighted by Crippen LogP contribution is 2.52. The quantitative estimate of drug-likeness (QED) is 0.551. The number of ether oxygens (including phenoxy) is 1. The first-order valence-electron chi connectivity index (χ1n) is 9.84. The van der Waals surface area contributed by atoms with Gasteiger partial charge in [-0.05, 0) is 68.9 Å². The first-order valence-corrected chi connectivity index (χ1v) is 9.84. The van der Waals surface area contributed by atoms with E-state index in [9.17, 15) is 8.78 Å². The molecule has 0 amide bonds. The third-order valence-electron chi connectivity index (χ3n) is 5.88. The SMILES string of the molecule is CC1=CC(C)(C)Nc2ccc3c(c21)C(C1=CCCC1)Oc1c(F)cc(F)cc1-3. The zero-order chi connectivity index (χ0) is 19.6. The van der Waals surface area contributed by atoms with Crippen LogP contribution in [0.4, 0.5) is 14.5 Å². The van der Waals surface area contributed by atoms with Crippen LogP contribution in [0.15, 0.2) is 42.0 Å². The Morgan fingerprint density at radius 2 is 1.96 bits per heavy atom. The predicted octanol–water partition coefficient (Wildman–Crippen LogP) is 6.78. The first kappa shape index (κ1) is 17.5. The van der Waals surface area contributed by atoms with Crippen LogP contribution in [0.5, 0.6) is 5.75 Å². The van der Waals surface area contributed by atoms with E-state index in [1.165, 1.54) is 11.6 Å². The summed E-state index contributed by atoms with van der Waals surface area (Å²) in [6, 6.07) is 6.27. The Kier molecular flexibility index (Phi) is 3.71. The third kappa shape index (κ3) is 2.58. The molecule has 0 saturated heterocycles. The maximum absolute atomic E-state index is 14.6. The van der Waals surface area contributed by atoms with Gasteiger partial charge in [-0.1, -0.05) is 18.2 Å². The van der Waals surface area contributed by atoms with Crippen LogP contribution in [0.1, 0.15) is 57.3 Å². The molecule has 2 aromatic carbocycles. The van der Waals surface area contributed by atoms with E-state index in [2.05, 4.69) is 38.2 Å².